The molecule has 6 heteroatoms. The first-order valence-corrected chi connectivity index (χ1v) is 6.84. The van der Waals surface area contributed by atoms with E-state index in [0.717, 1.165) is 5.56 Å². The molecule has 2 atom stereocenters. The number of phenols is 1. The van der Waals surface area contributed by atoms with Crippen LogP contribution in [0.5, 0.6) is 5.75 Å². The van der Waals surface area contributed by atoms with Crippen molar-refractivity contribution in [3.05, 3.63) is 48.5 Å². The molecule has 0 aliphatic rings. The zero-order valence-electron chi connectivity index (χ0n) is 11.9. The molecule has 0 bridgehead atoms. The normalized spacial score (nSPS) is 13.6. The summed E-state index contributed by atoms with van der Waals surface area (Å²) in [5, 5.41) is 12.1. The summed E-state index contributed by atoms with van der Waals surface area (Å²) in [7, 11) is 0. The molecule has 1 aromatic heterocycles. The second kappa shape index (κ2) is 6.90. The number of hydrogen-bond donors (Lipinski definition) is 3. The number of nitrogens with two attached hydrogens (primary N) is 1. The van der Waals surface area contributed by atoms with Gasteiger partial charge in [-0.05, 0) is 31.0 Å². The largest absolute Gasteiger partial charge is 0.508 e. The predicted octanol–water partition coefficient (Wildman–Crippen LogP) is 0.663. The predicted molar refractivity (Wildman–Crippen MR) is 79.6 cm³/mol. The average Bonchev–Trinajstić information content (AvgIpc) is 2.94. The number of nitrogens with one attached hydrogen (secondary N) is 1. The molecule has 2 unspecified atom stereocenters. The second-order valence-corrected chi connectivity index (χ2v) is 5.15. The molecule has 0 aliphatic heterocycles. The minimum absolute atomic E-state index is 0.0300. The van der Waals surface area contributed by atoms with Gasteiger partial charge in [0.25, 0.3) is 0 Å². The summed E-state index contributed by atoms with van der Waals surface area (Å²) in [5.41, 5.74) is 6.83. The standard InChI is InChI=1S/C15H20N4O2/c1-11(9-19-7-6-17-10-19)18-15(21)14(16)8-12-2-4-13(20)5-3-12/h2-7,10-11,14,20H,8-9,16H2,1H3,(H,18,21). The van der Waals surface area contributed by atoms with Crippen LogP contribution in [0.15, 0.2) is 43.0 Å². The Balaban J connectivity index is 1.83. The highest BCUT2D eigenvalue weighted by Gasteiger charge is 2.16. The summed E-state index contributed by atoms with van der Waals surface area (Å²) >= 11 is 0. The smallest absolute Gasteiger partial charge is 0.237 e. The summed E-state index contributed by atoms with van der Waals surface area (Å²) in [5.74, 6) is 0.0152. The van der Waals surface area contributed by atoms with E-state index in [9.17, 15) is 9.90 Å². The van der Waals surface area contributed by atoms with Crippen molar-refractivity contribution in [3.63, 3.8) is 0 Å². The quantitative estimate of drug-likeness (QED) is 0.728. The molecule has 1 heterocycles. The summed E-state index contributed by atoms with van der Waals surface area (Å²) < 4.78 is 1.90. The number of amides is 1. The topological polar surface area (TPSA) is 93.2 Å². The van der Waals surface area contributed by atoms with Crippen LogP contribution in [0.4, 0.5) is 0 Å². The van der Waals surface area contributed by atoms with Crippen LogP contribution in [0.25, 0.3) is 0 Å². The van der Waals surface area contributed by atoms with Gasteiger partial charge in [0.05, 0.1) is 12.4 Å². The van der Waals surface area contributed by atoms with E-state index in [-0.39, 0.29) is 17.7 Å². The first-order chi connectivity index (χ1) is 10.0. The Morgan fingerprint density at radius 3 is 2.76 bits per heavy atom. The van der Waals surface area contributed by atoms with E-state index < -0.39 is 6.04 Å². The van der Waals surface area contributed by atoms with E-state index in [0.29, 0.717) is 13.0 Å². The average molecular weight is 288 g/mol. The van der Waals surface area contributed by atoms with E-state index in [1.807, 2.05) is 17.7 Å². The fraction of sp³-hybridized carbons (Fsp3) is 0.333. The highest BCUT2D eigenvalue weighted by molar-refractivity contribution is 5.82. The molecule has 4 N–H and O–H groups in total. The van der Waals surface area contributed by atoms with Crippen LogP contribution in [0, 0.1) is 0 Å². The van der Waals surface area contributed by atoms with Crippen molar-refractivity contribution in [3.8, 4) is 5.75 Å². The van der Waals surface area contributed by atoms with Gasteiger partial charge in [-0.1, -0.05) is 12.1 Å². The number of phenolic OH excluding ortho intramolecular Hbond substituents is 1. The van der Waals surface area contributed by atoms with E-state index >= 15 is 0 Å². The van der Waals surface area contributed by atoms with Gasteiger partial charge < -0.3 is 20.7 Å². The van der Waals surface area contributed by atoms with Gasteiger partial charge in [-0.2, -0.15) is 0 Å². The number of nitrogens with zero attached hydrogens (tertiary/aromatic N) is 2. The Bertz CT molecular complexity index is 566. The van der Waals surface area contributed by atoms with Crippen LogP contribution in [0.2, 0.25) is 0 Å². The molecule has 112 valence electrons. The van der Waals surface area contributed by atoms with Crippen molar-refractivity contribution in [1.82, 2.24) is 14.9 Å². The number of aromatic hydroxyl groups is 1. The number of carbonyl (C=O) groups is 1. The number of aromatic nitrogens is 2. The Morgan fingerprint density at radius 2 is 2.14 bits per heavy atom. The van der Waals surface area contributed by atoms with Gasteiger partial charge in [0.15, 0.2) is 0 Å². The van der Waals surface area contributed by atoms with E-state index in [1.54, 1.807) is 36.8 Å². The molecule has 0 aliphatic carbocycles. The lowest BCUT2D eigenvalue weighted by molar-refractivity contribution is -0.123. The van der Waals surface area contributed by atoms with Crippen LogP contribution >= 0.6 is 0 Å². The molecule has 2 aromatic rings. The molecule has 0 radical (unpaired) electrons. The summed E-state index contributed by atoms with van der Waals surface area (Å²) in [4.78, 5) is 16.0. The van der Waals surface area contributed by atoms with Crippen molar-refractivity contribution in [2.24, 2.45) is 5.73 Å². The minimum atomic E-state index is -0.611. The summed E-state index contributed by atoms with van der Waals surface area (Å²) in [6, 6.07) is 6.05. The molecule has 21 heavy (non-hydrogen) atoms. The Morgan fingerprint density at radius 1 is 1.43 bits per heavy atom. The van der Waals surface area contributed by atoms with E-state index in [4.69, 9.17) is 5.73 Å². The lowest BCUT2D eigenvalue weighted by Crippen LogP contribution is -2.46. The van der Waals surface area contributed by atoms with Gasteiger partial charge in [0, 0.05) is 25.0 Å². The molecule has 0 fully saturated rings. The van der Waals surface area contributed by atoms with Gasteiger partial charge in [-0.25, -0.2) is 4.98 Å². The second-order valence-electron chi connectivity index (χ2n) is 5.15. The van der Waals surface area contributed by atoms with Crippen molar-refractivity contribution < 1.29 is 9.90 Å². The first-order valence-electron chi connectivity index (χ1n) is 6.84. The third-order valence-electron chi connectivity index (χ3n) is 3.16. The molecule has 0 spiro atoms. The van der Waals surface area contributed by atoms with Crippen LogP contribution in [-0.4, -0.2) is 32.6 Å². The van der Waals surface area contributed by atoms with Crippen LogP contribution in [-0.2, 0) is 17.8 Å². The lowest BCUT2D eigenvalue weighted by atomic mass is 10.1. The molecule has 0 saturated carbocycles. The first kappa shape index (κ1) is 15.1. The van der Waals surface area contributed by atoms with Crippen molar-refractivity contribution >= 4 is 5.91 Å². The number of carbonyl (C=O) groups excluding carboxylic acids is 1. The molecule has 6 nitrogen and oxygen atoms in total. The van der Waals surface area contributed by atoms with Crippen LogP contribution < -0.4 is 11.1 Å². The van der Waals surface area contributed by atoms with E-state index in [1.165, 1.54) is 0 Å². The Hall–Kier alpha value is -2.34. The third kappa shape index (κ3) is 4.61. The van der Waals surface area contributed by atoms with Crippen LogP contribution in [0.1, 0.15) is 12.5 Å². The fourth-order valence-electron chi connectivity index (χ4n) is 2.09. The zero-order valence-corrected chi connectivity index (χ0v) is 11.9. The number of hydrogen-bond acceptors (Lipinski definition) is 4. The van der Waals surface area contributed by atoms with Gasteiger partial charge in [0.1, 0.15) is 5.75 Å². The van der Waals surface area contributed by atoms with E-state index in [2.05, 4.69) is 10.3 Å². The summed E-state index contributed by atoms with van der Waals surface area (Å²) in [6.45, 7) is 2.57. The molecule has 1 amide bonds. The zero-order chi connectivity index (χ0) is 15.2. The molecular weight excluding hydrogens is 268 g/mol. The molecule has 1 aromatic carbocycles. The number of imidazole rings is 1. The maximum Gasteiger partial charge on any atom is 0.237 e. The SMILES string of the molecule is CC(Cn1ccnc1)NC(=O)C(N)Cc1ccc(O)cc1. The van der Waals surface area contributed by atoms with Gasteiger partial charge >= 0.3 is 0 Å². The van der Waals surface area contributed by atoms with Crippen molar-refractivity contribution in [1.29, 1.82) is 0 Å². The fourth-order valence-corrected chi connectivity index (χ4v) is 2.09. The Kier molecular flexibility index (Phi) is 4.94. The third-order valence-corrected chi connectivity index (χ3v) is 3.16. The molecular formula is C15H20N4O2. The van der Waals surface area contributed by atoms with Crippen molar-refractivity contribution in [2.75, 3.05) is 0 Å². The number of benzene rings is 1. The highest BCUT2D eigenvalue weighted by atomic mass is 16.3. The Labute approximate surface area is 123 Å². The number of rotatable bonds is 6. The summed E-state index contributed by atoms with van der Waals surface area (Å²) in [6.07, 6.45) is 5.69. The monoisotopic (exact) mass is 288 g/mol. The minimum Gasteiger partial charge on any atom is -0.508 e. The maximum atomic E-state index is 12.0. The lowest BCUT2D eigenvalue weighted by Gasteiger charge is -2.18. The van der Waals surface area contributed by atoms with Gasteiger partial charge in [-0.3, -0.25) is 4.79 Å². The van der Waals surface area contributed by atoms with Gasteiger partial charge in [-0.15, -0.1) is 0 Å². The van der Waals surface area contributed by atoms with Crippen molar-refractivity contribution in [2.45, 2.75) is 32.0 Å². The van der Waals surface area contributed by atoms with Crippen LogP contribution in [0.3, 0.4) is 0 Å². The van der Waals surface area contributed by atoms with Gasteiger partial charge in [0.2, 0.25) is 5.91 Å². The maximum absolute atomic E-state index is 12.0. The molecule has 2 rings (SSSR count). The highest BCUT2D eigenvalue weighted by Crippen LogP contribution is 2.10. The molecule has 0 saturated heterocycles.